The highest BCUT2D eigenvalue weighted by Gasteiger charge is 2.28. The first kappa shape index (κ1) is 21.6. The molecule has 1 aliphatic rings. The fourth-order valence-corrected chi connectivity index (χ4v) is 3.40. The number of likely N-dealkylation sites (tertiary alicyclic amines) is 1. The van der Waals surface area contributed by atoms with Gasteiger partial charge in [-0.2, -0.15) is 0 Å². The summed E-state index contributed by atoms with van der Waals surface area (Å²) in [6.07, 6.45) is 0.461. The lowest BCUT2D eigenvalue weighted by Gasteiger charge is -2.33. The Morgan fingerprint density at radius 2 is 1.67 bits per heavy atom. The first-order valence-electron chi connectivity index (χ1n) is 9.51. The Labute approximate surface area is 178 Å². The molecule has 1 aliphatic heterocycles. The molecule has 0 bridgehead atoms. The van der Waals surface area contributed by atoms with E-state index in [0.29, 0.717) is 36.7 Å². The van der Waals surface area contributed by atoms with Crippen molar-refractivity contribution >= 4 is 23.4 Å². The van der Waals surface area contributed by atoms with Gasteiger partial charge < -0.3 is 30.3 Å². The van der Waals surface area contributed by atoms with Crippen LogP contribution in [0.25, 0.3) is 0 Å². The molecular formula is C21H23ClN2O6. The third-order valence-electron chi connectivity index (χ3n) is 4.95. The average Bonchev–Trinajstić information content (AvgIpc) is 2.73. The van der Waals surface area contributed by atoms with Crippen molar-refractivity contribution in [3.63, 3.8) is 0 Å². The molecule has 9 heteroatoms. The number of nitrogens with zero attached hydrogens (tertiary/aromatic N) is 1. The Hall–Kier alpha value is -3.13. The SMILES string of the molecule is CC(Oc1ccc(Cl)cc1)C(=O)N1CCC(NC(=O)c2cc(O)c(O)c(O)c2)CC1. The zero-order valence-electron chi connectivity index (χ0n) is 16.3. The van der Waals surface area contributed by atoms with E-state index < -0.39 is 29.3 Å². The molecular weight excluding hydrogens is 412 g/mol. The van der Waals surface area contributed by atoms with E-state index in [9.17, 15) is 24.9 Å². The predicted octanol–water partition coefficient (Wildman–Crippen LogP) is 2.65. The van der Waals surface area contributed by atoms with Crippen molar-refractivity contribution in [1.29, 1.82) is 0 Å². The fourth-order valence-electron chi connectivity index (χ4n) is 3.27. The van der Waals surface area contributed by atoms with Crippen LogP contribution in [0.2, 0.25) is 5.02 Å². The van der Waals surface area contributed by atoms with Crippen molar-refractivity contribution in [3.05, 3.63) is 47.0 Å². The van der Waals surface area contributed by atoms with Gasteiger partial charge in [0.05, 0.1) is 0 Å². The maximum Gasteiger partial charge on any atom is 0.263 e. The van der Waals surface area contributed by atoms with Crippen LogP contribution in [-0.4, -0.2) is 57.3 Å². The van der Waals surface area contributed by atoms with Gasteiger partial charge in [-0.1, -0.05) is 11.6 Å². The number of hydrogen-bond donors (Lipinski definition) is 4. The van der Waals surface area contributed by atoms with Crippen LogP contribution < -0.4 is 10.1 Å². The van der Waals surface area contributed by atoms with Crippen LogP contribution in [-0.2, 0) is 4.79 Å². The van der Waals surface area contributed by atoms with E-state index in [-0.39, 0.29) is 17.5 Å². The molecule has 0 spiro atoms. The van der Waals surface area contributed by atoms with Gasteiger partial charge in [0, 0.05) is 29.7 Å². The van der Waals surface area contributed by atoms with E-state index in [0.717, 1.165) is 12.1 Å². The molecule has 0 radical (unpaired) electrons. The minimum atomic E-state index is -0.673. The summed E-state index contributed by atoms with van der Waals surface area (Å²) in [5.74, 6) is -1.88. The number of phenolic OH excluding ortho intramolecular Hbond substituents is 3. The second kappa shape index (κ2) is 9.13. The summed E-state index contributed by atoms with van der Waals surface area (Å²) in [6.45, 7) is 2.61. The molecule has 2 aromatic rings. The van der Waals surface area contributed by atoms with E-state index in [2.05, 4.69) is 5.32 Å². The van der Waals surface area contributed by atoms with E-state index >= 15 is 0 Å². The number of phenols is 3. The summed E-state index contributed by atoms with van der Waals surface area (Å²) in [4.78, 5) is 26.7. The van der Waals surface area contributed by atoms with Crippen molar-refractivity contribution in [2.24, 2.45) is 0 Å². The highest BCUT2D eigenvalue weighted by atomic mass is 35.5. The van der Waals surface area contributed by atoms with Crippen molar-refractivity contribution in [1.82, 2.24) is 10.2 Å². The first-order chi connectivity index (χ1) is 14.2. The lowest BCUT2D eigenvalue weighted by atomic mass is 10.0. The number of halogens is 1. The van der Waals surface area contributed by atoms with Gasteiger partial charge in [0.15, 0.2) is 23.4 Å². The third-order valence-corrected chi connectivity index (χ3v) is 5.20. The van der Waals surface area contributed by atoms with Gasteiger partial charge in [-0.25, -0.2) is 0 Å². The maximum atomic E-state index is 12.6. The summed E-state index contributed by atoms with van der Waals surface area (Å²) in [6, 6.07) is 8.79. The van der Waals surface area contributed by atoms with Gasteiger partial charge in [0.1, 0.15) is 5.75 Å². The molecule has 0 saturated carbocycles. The number of nitrogens with one attached hydrogen (secondary N) is 1. The monoisotopic (exact) mass is 434 g/mol. The Kier molecular flexibility index (Phi) is 6.56. The van der Waals surface area contributed by atoms with Gasteiger partial charge >= 0.3 is 0 Å². The quantitative estimate of drug-likeness (QED) is 0.537. The number of carbonyl (C=O) groups is 2. The molecule has 2 aromatic carbocycles. The minimum Gasteiger partial charge on any atom is -0.504 e. The summed E-state index contributed by atoms with van der Waals surface area (Å²) in [5.41, 5.74) is 0.0336. The topological polar surface area (TPSA) is 119 Å². The summed E-state index contributed by atoms with van der Waals surface area (Å²) >= 11 is 5.85. The Balaban J connectivity index is 1.51. The van der Waals surface area contributed by atoms with Crippen LogP contribution in [0.5, 0.6) is 23.0 Å². The van der Waals surface area contributed by atoms with Gasteiger partial charge in [-0.15, -0.1) is 0 Å². The number of aromatic hydroxyl groups is 3. The second-order valence-corrected chi connectivity index (χ2v) is 7.59. The van der Waals surface area contributed by atoms with E-state index in [4.69, 9.17) is 16.3 Å². The number of ether oxygens (including phenoxy) is 1. The lowest BCUT2D eigenvalue weighted by molar-refractivity contribution is -0.139. The van der Waals surface area contributed by atoms with Gasteiger partial charge in [-0.3, -0.25) is 9.59 Å². The van der Waals surface area contributed by atoms with Crippen LogP contribution in [0.3, 0.4) is 0 Å². The number of piperidine rings is 1. The van der Waals surface area contributed by atoms with Gasteiger partial charge in [-0.05, 0) is 56.2 Å². The summed E-state index contributed by atoms with van der Waals surface area (Å²) in [5, 5.41) is 31.9. The lowest BCUT2D eigenvalue weighted by Crippen LogP contribution is -2.49. The van der Waals surface area contributed by atoms with Crippen molar-refractivity contribution in [3.8, 4) is 23.0 Å². The number of benzene rings is 2. The predicted molar refractivity (Wildman–Crippen MR) is 110 cm³/mol. The number of carbonyl (C=O) groups excluding carboxylic acids is 2. The van der Waals surface area contributed by atoms with Gasteiger partial charge in [0.2, 0.25) is 0 Å². The smallest absolute Gasteiger partial charge is 0.263 e. The van der Waals surface area contributed by atoms with Gasteiger partial charge in [0.25, 0.3) is 11.8 Å². The first-order valence-corrected chi connectivity index (χ1v) is 9.89. The van der Waals surface area contributed by atoms with Crippen LogP contribution in [0.4, 0.5) is 0 Å². The standard InChI is InChI=1S/C21H23ClN2O6/c1-12(30-16-4-2-14(22)3-5-16)21(29)24-8-6-15(7-9-24)23-20(28)13-10-17(25)19(27)18(26)11-13/h2-5,10-12,15,25-27H,6-9H2,1H3,(H,23,28). The normalized spacial score (nSPS) is 15.5. The molecule has 1 fully saturated rings. The zero-order valence-corrected chi connectivity index (χ0v) is 17.1. The molecule has 1 saturated heterocycles. The number of rotatable bonds is 5. The molecule has 160 valence electrons. The molecule has 8 nitrogen and oxygen atoms in total. The Morgan fingerprint density at radius 1 is 1.10 bits per heavy atom. The van der Waals surface area contributed by atoms with Crippen molar-refractivity contribution < 1.29 is 29.6 Å². The van der Waals surface area contributed by atoms with Crippen LogP contribution >= 0.6 is 11.6 Å². The van der Waals surface area contributed by atoms with Crippen molar-refractivity contribution in [2.45, 2.75) is 31.9 Å². The zero-order chi connectivity index (χ0) is 21.8. The molecule has 1 unspecified atom stereocenters. The molecule has 4 N–H and O–H groups in total. The minimum absolute atomic E-state index is 0.0336. The van der Waals surface area contributed by atoms with Crippen LogP contribution in [0, 0.1) is 0 Å². The highest BCUT2D eigenvalue weighted by Crippen LogP contribution is 2.35. The fraction of sp³-hybridized carbons (Fsp3) is 0.333. The molecule has 1 atom stereocenters. The summed E-state index contributed by atoms with van der Waals surface area (Å²) < 4.78 is 5.68. The van der Waals surface area contributed by atoms with E-state index in [1.54, 1.807) is 36.1 Å². The average molecular weight is 435 g/mol. The van der Waals surface area contributed by atoms with E-state index in [1.165, 1.54) is 0 Å². The van der Waals surface area contributed by atoms with Crippen molar-refractivity contribution in [2.75, 3.05) is 13.1 Å². The number of hydrogen-bond acceptors (Lipinski definition) is 6. The maximum absolute atomic E-state index is 12.6. The molecule has 0 aromatic heterocycles. The second-order valence-electron chi connectivity index (χ2n) is 7.15. The Bertz CT molecular complexity index is 903. The molecule has 0 aliphatic carbocycles. The highest BCUT2D eigenvalue weighted by molar-refractivity contribution is 6.30. The molecule has 30 heavy (non-hydrogen) atoms. The molecule has 3 rings (SSSR count). The molecule has 2 amide bonds. The largest absolute Gasteiger partial charge is 0.504 e. The summed E-state index contributed by atoms with van der Waals surface area (Å²) in [7, 11) is 0. The third kappa shape index (κ3) is 5.07. The van der Waals surface area contributed by atoms with Crippen LogP contribution in [0.1, 0.15) is 30.1 Å². The Morgan fingerprint density at radius 3 is 2.23 bits per heavy atom. The van der Waals surface area contributed by atoms with E-state index in [1.807, 2.05) is 0 Å². The molecule has 1 heterocycles. The van der Waals surface area contributed by atoms with Crippen LogP contribution in [0.15, 0.2) is 36.4 Å². The number of amides is 2.